The minimum Gasteiger partial charge on any atom is -0.381 e. The lowest BCUT2D eigenvalue weighted by Gasteiger charge is -2.30. The summed E-state index contributed by atoms with van der Waals surface area (Å²) in [4.78, 5) is 14.6. The van der Waals surface area contributed by atoms with Gasteiger partial charge in [0, 0.05) is 32.7 Å². The van der Waals surface area contributed by atoms with E-state index in [4.69, 9.17) is 4.74 Å². The number of amides is 1. The molecule has 4 heteroatoms. The number of rotatable bonds is 8. The molecule has 1 heterocycles. The molecule has 1 aromatic carbocycles. The van der Waals surface area contributed by atoms with Gasteiger partial charge in [0.05, 0.1) is 0 Å². The minimum atomic E-state index is 0.269. The van der Waals surface area contributed by atoms with Crippen molar-refractivity contribution in [3.05, 3.63) is 35.9 Å². The molecule has 0 unspecified atom stereocenters. The Balaban J connectivity index is 1.94. The predicted octanol–water partition coefficient (Wildman–Crippen LogP) is 2.44. The molecule has 1 saturated heterocycles. The summed E-state index contributed by atoms with van der Waals surface area (Å²) >= 11 is 0. The van der Waals surface area contributed by atoms with Crippen molar-refractivity contribution in [3.63, 3.8) is 0 Å². The lowest BCUT2D eigenvalue weighted by Crippen LogP contribution is -2.37. The van der Waals surface area contributed by atoms with Gasteiger partial charge in [-0.25, -0.2) is 0 Å². The summed E-state index contributed by atoms with van der Waals surface area (Å²) in [7, 11) is 1.92. The van der Waals surface area contributed by atoms with Gasteiger partial charge in [0.25, 0.3) is 0 Å². The van der Waals surface area contributed by atoms with E-state index in [0.29, 0.717) is 12.3 Å². The van der Waals surface area contributed by atoms with E-state index in [1.807, 2.05) is 30.1 Å². The first-order chi connectivity index (χ1) is 10.8. The minimum absolute atomic E-state index is 0.269. The van der Waals surface area contributed by atoms with Crippen LogP contribution in [0.25, 0.3) is 0 Å². The first-order valence-electron chi connectivity index (χ1n) is 8.33. The van der Waals surface area contributed by atoms with E-state index in [0.717, 1.165) is 52.1 Å². The van der Waals surface area contributed by atoms with Crippen molar-refractivity contribution in [2.75, 3.05) is 33.4 Å². The van der Waals surface area contributed by atoms with Crippen LogP contribution in [0.1, 0.15) is 31.2 Å². The average Bonchev–Trinajstić information content (AvgIpc) is 2.56. The fraction of sp³-hybridized carbons (Fsp3) is 0.611. The molecule has 0 bridgehead atoms. The molecule has 2 rings (SSSR count). The molecule has 0 aliphatic carbocycles. The zero-order chi connectivity index (χ0) is 15.6. The van der Waals surface area contributed by atoms with E-state index in [2.05, 4.69) is 17.4 Å². The van der Waals surface area contributed by atoms with Gasteiger partial charge < -0.3 is 15.0 Å². The molecule has 0 saturated carbocycles. The monoisotopic (exact) mass is 304 g/mol. The molecule has 4 nitrogen and oxygen atoms in total. The topological polar surface area (TPSA) is 41.6 Å². The third kappa shape index (κ3) is 5.78. The van der Waals surface area contributed by atoms with Crippen molar-refractivity contribution in [2.45, 2.75) is 32.2 Å². The fourth-order valence-corrected chi connectivity index (χ4v) is 2.87. The quantitative estimate of drug-likeness (QED) is 0.750. The fourth-order valence-electron chi connectivity index (χ4n) is 2.87. The normalized spacial score (nSPS) is 15.7. The van der Waals surface area contributed by atoms with E-state index in [1.165, 1.54) is 5.56 Å². The molecule has 22 heavy (non-hydrogen) atoms. The van der Waals surface area contributed by atoms with Crippen molar-refractivity contribution < 1.29 is 9.53 Å². The maximum Gasteiger partial charge on any atom is 0.222 e. The largest absolute Gasteiger partial charge is 0.381 e. The number of nitrogens with zero attached hydrogens (tertiary/aromatic N) is 1. The van der Waals surface area contributed by atoms with Crippen LogP contribution in [0.5, 0.6) is 0 Å². The molecule has 122 valence electrons. The molecule has 1 amide bonds. The van der Waals surface area contributed by atoms with Crippen molar-refractivity contribution in [1.82, 2.24) is 10.2 Å². The first kappa shape index (κ1) is 17.0. The summed E-state index contributed by atoms with van der Waals surface area (Å²) < 4.78 is 5.43. The Morgan fingerprint density at radius 3 is 2.68 bits per heavy atom. The standard InChI is InChI=1S/C18H28N2O2/c1-19-11-5-8-18(21)20(14-16-6-3-2-4-7-16)15-17-9-12-22-13-10-17/h2-4,6-7,17,19H,5,8-15H2,1H3. The molecule has 0 atom stereocenters. The van der Waals surface area contributed by atoms with Gasteiger partial charge >= 0.3 is 0 Å². The smallest absolute Gasteiger partial charge is 0.222 e. The number of nitrogens with one attached hydrogen (secondary N) is 1. The molecular formula is C18H28N2O2. The van der Waals surface area contributed by atoms with Crippen LogP contribution in [0.2, 0.25) is 0 Å². The van der Waals surface area contributed by atoms with E-state index >= 15 is 0 Å². The van der Waals surface area contributed by atoms with Crippen molar-refractivity contribution in [2.24, 2.45) is 5.92 Å². The first-order valence-corrected chi connectivity index (χ1v) is 8.33. The summed E-state index contributed by atoms with van der Waals surface area (Å²) in [6.45, 7) is 4.13. The number of benzene rings is 1. The number of hydrogen-bond donors (Lipinski definition) is 1. The highest BCUT2D eigenvalue weighted by atomic mass is 16.5. The maximum atomic E-state index is 12.6. The Bertz CT molecular complexity index is 430. The second-order valence-electron chi connectivity index (χ2n) is 6.02. The summed E-state index contributed by atoms with van der Waals surface area (Å²) in [6, 6.07) is 10.3. The van der Waals surface area contributed by atoms with Crippen molar-refractivity contribution >= 4 is 5.91 Å². The van der Waals surface area contributed by atoms with Crippen LogP contribution in [-0.4, -0.2) is 44.2 Å². The number of hydrogen-bond acceptors (Lipinski definition) is 3. The highest BCUT2D eigenvalue weighted by molar-refractivity contribution is 5.76. The van der Waals surface area contributed by atoms with E-state index in [9.17, 15) is 4.79 Å². The van der Waals surface area contributed by atoms with Crippen LogP contribution < -0.4 is 5.32 Å². The van der Waals surface area contributed by atoms with Gasteiger partial charge in [-0.3, -0.25) is 4.79 Å². The van der Waals surface area contributed by atoms with E-state index in [-0.39, 0.29) is 5.91 Å². The molecular weight excluding hydrogens is 276 g/mol. The van der Waals surface area contributed by atoms with Gasteiger partial charge in [0.2, 0.25) is 5.91 Å². The van der Waals surface area contributed by atoms with Crippen LogP contribution >= 0.6 is 0 Å². The van der Waals surface area contributed by atoms with Gasteiger partial charge in [0.1, 0.15) is 0 Å². The second-order valence-corrected chi connectivity index (χ2v) is 6.02. The molecule has 1 N–H and O–H groups in total. The Kier molecular flexibility index (Phi) is 7.40. The van der Waals surface area contributed by atoms with Crippen LogP contribution in [0.15, 0.2) is 30.3 Å². The zero-order valence-corrected chi connectivity index (χ0v) is 13.6. The molecule has 1 aliphatic rings. The van der Waals surface area contributed by atoms with Gasteiger partial charge in [-0.1, -0.05) is 30.3 Å². The molecule has 0 radical (unpaired) electrons. The van der Waals surface area contributed by atoms with Crippen LogP contribution in [0, 0.1) is 5.92 Å². The molecule has 1 fully saturated rings. The summed E-state index contributed by atoms with van der Waals surface area (Å²) in [6.07, 6.45) is 3.65. The Morgan fingerprint density at radius 1 is 1.27 bits per heavy atom. The summed E-state index contributed by atoms with van der Waals surface area (Å²) in [5.41, 5.74) is 1.21. The van der Waals surface area contributed by atoms with Crippen LogP contribution in [0.4, 0.5) is 0 Å². The van der Waals surface area contributed by atoms with E-state index < -0.39 is 0 Å². The van der Waals surface area contributed by atoms with Gasteiger partial charge in [-0.05, 0) is 44.3 Å². The zero-order valence-electron chi connectivity index (χ0n) is 13.6. The lowest BCUT2D eigenvalue weighted by atomic mass is 9.99. The number of carbonyl (C=O) groups is 1. The SMILES string of the molecule is CNCCCC(=O)N(Cc1ccccc1)CC1CCOCC1. The van der Waals surface area contributed by atoms with Crippen LogP contribution in [0.3, 0.4) is 0 Å². The number of ether oxygens (including phenoxy) is 1. The Hall–Kier alpha value is -1.39. The van der Waals surface area contributed by atoms with Crippen molar-refractivity contribution in [1.29, 1.82) is 0 Å². The third-order valence-corrected chi connectivity index (χ3v) is 4.21. The predicted molar refractivity (Wildman–Crippen MR) is 88.6 cm³/mol. The van der Waals surface area contributed by atoms with Gasteiger partial charge in [0.15, 0.2) is 0 Å². The van der Waals surface area contributed by atoms with Gasteiger partial charge in [-0.2, -0.15) is 0 Å². The summed E-state index contributed by atoms with van der Waals surface area (Å²) in [5, 5.41) is 3.11. The average molecular weight is 304 g/mol. The highest BCUT2D eigenvalue weighted by Crippen LogP contribution is 2.18. The second kappa shape index (κ2) is 9.59. The van der Waals surface area contributed by atoms with E-state index in [1.54, 1.807) is 0 Å². The lowest BCUT2D eigenvalue weighted by molar-refractivity contribution is -0.133. The molecule has 0 aromatic heterocycles. The molecule has 0 spiro atoms. The van der Waals surface area contributed by atoms with Crippen molar-refractivity contribution in [3.8, 4) is 0 Å². The molecule has 1 aromatic rings. The Labute approximate surface area is 133 Å². The third-order valence-electron chi connectivity index (χ3n) is 4.21. The molecule has 1 aliphatic heterocycles. The summed E-state index contributed by atoms with van der Waals surface area (Å²) in [5.74, 6) is 0.844. The number of carbonyl (C=O) groups excluding carboxylic acids is 1. The highest BCUT2D eigenvalue weighted by Gasteiger charge is 2.21. The van der Waals surface area contributed by atoms with Crippen LogP contribution in [-0.2, 0) is 16.1 Å². The van der Waals surface area contributed by atoms with Gasteiger partial charge in [-0.15, -0.1) is 0 Å². The Morgan fingerprint density at radius 2 is 2.00 bits per heavy atom. The maximum absolute atomic E-state index is 12.6.